The van der Waals surface area contributed by atoms with Gasteiger partial charge in [-0.25, -0.2) is 0 Å². The van der Waals surface area contributed by atoms with Crippen molar-refractivity contribution in [1.29, 1.82) is 0 Å². The normalized spacial score (nSPS) is 21.3. The molecular formula is C12H16O2S. The van der Waals surface area contributed by atoms with E-state index in [9.17, 15) is 5.11 Å². The minimum absolute atomic E-state index is 0.200. The summed E-state index contributed by atoms with van der Waals surface area (Å²) in [6.45, 7) is 0.836. The number of thioether (sulfide) groups is 1. The highest BCUT2D eigenvalue weighted by Gasteiger charge is 2.25. The topological polar surface area (TPSA) is 32.8 Å². The van der Waals surface area contributed by atoms with E-state index in [2.05, 4.69) is 12.1 Å². The smallest absolute Gasteiger partial charge is 0.0834 e. The van der Waals surface area contributed by atoms with Gasteiger partial charge in [0.05, 0.1) is 18.8 Å². The molecule has 1 aliphatic heterocycles. The van der Waals surface area contributed by atoms with Gasteiger partial charge in [-0.15, -0.1) is 11.8 Å². The number of epoxide rings is 1. The first kappa shape index (κ1) is 11.0. The molecule has 1 aromatic carbocycles. The van der Waals surface area contributed by atoms with Crippen LogP contribution in [0.3, 0.4) is 0 Å². The van der Waals surface area contributed by atoms with E-state index in [0.29, 0.717) is 6.10 Å². The molecule has 0 saturated carbocycles. The highest BCUT2D eigenvalue weighted by molar-refractivity contribution is 7.99. The van der Waals surface area contributed by atoms with Gasteiger partial charge in [0.1, 0.15) is 0 Å². The van der Waals surface area contributed by atoms with Crippen LogP contribution in [0.4, 0.5) is 0 Å². The van der Waals surface area contributed by atoms with E-state index in [1.165, 1.54) is 4.90 Å². The third kappa shape index (κ3) is 4.24. The van der Waals surface area contributed by atoms with Gasteiger partial charge in [-0.3, -0.25) is 0 Å². The van der Waals surface area contributed by atoms with Crippen molar-refractivity contribution in [2.75, 3.05) is 12.4 Å². The lowest BCUT2D eigenvalue weighted by Crippen LogP contribution is -2.10. The van der Waals surface area contributed by atoms with Gasteiger partial charge in [0.15, 0.2) is 0 Å². The summed E-state index contributed by atoms with van der Waals surface area (Å²) in [5.74, 6) is 0.970. The summed E-state index contributed by atoms with van der Waals surface area (Å²) in [6, 6.07) is 10.3. The highest BCUT2D eigenvalue weighted by Crippen LogP contribution is 2.21. The predicted octanol–water partition coefficient (Wildman–Crippen LogP) is 2.32. The molecule has 2 atom stereocenters. The van der Waals surface area contributed by atoms with E-state index in [1.54, 1.807) is 11.8 Å². The predicted molar refractivity (Wildman–Crippen MR) is 62.1 cm³/mol. The van der Waals surface area contributed by atoms with Crippen LogP contribution in [0.15, 0.2) is 35.2 Å². The SMILES string of the molecule is O[C@H](CCSc1ccccc1)C[C@H]1CO1. The maximum Gasteiger partial charge on any atom is 0.0834 e. The van der Waals surface area contributed by atoms with Crippen molar-refractivity contribution < 1.29 is 9.84 Å². The van der Waals surface area contributed by atoms with E-state index in [-0.39, 0.29) is 6.10 Å². The zero-order chi connectivity index (χ0) is 10.5. The molecule has 0 unspecified atom stereocenters. The second-order valence-corrected chi connectivity index (χ2v) is 4.96. The first-order valence-electron chi connectivity index (χ1n) is 5.32. The monoisotopic (exact) mass is 224 g/mol. The number of aliphatic hydroxyl groups is 1. The Bertz CT molecular complexity index is 285. The summed E-state index contributed by atoms with van der Waals surface area (Å²) < 4.78 is 5.08. The standard InChI is InChI=1S/C12H16O2S/c13-10(8-11-9-14-11)6-7-15-12-4-2-1-3-5-12/h1-5,10-11,13H,6-9H2/t10-,11+/m1/s1. The molecule has 0 radical (unpaired) electrons. The van der Waals surface area contributed by atoms with E-state index < -0.39 is 0 Å². The third-order valence-electron chi connectivity index (χ3n) is 2.40. The van der Waals surface area contributed by atoms with Crippen molar-refractivity contribution in [3.8, 4) is 0 Å². The molecule has 1 saturated heterocycles. The average Bonchev–Trinajstić information content (AvgIpc) is 3.03. The Kier molecular flexibility index (Phi) is 4.06. The first-order valence-corrected chi connectivity index (χ1v) is 6.30. The fourth-order valence-corrected chi connectivity index (χ4v) is 2.43. The summed E-state index contributed by atoms with van der Waals surface area (Å²) >= 11 is 1.80. The molecule has 1 aliphatic rings. The number of hydrogen-bond donors (Lipinski definition) is 1. The summed E-state index contributed by atoms with van der Waals surface area (Å²) in [4.78, 5) is 1.27. The van der Waals surface area contributed by atoms with Gasteiger partial charge in [0, 0.05) is 17.1 Å². The van der Waals surface area contributed by atoms with Crippen LogP contribution < -0.4 is 0 Å². The zero-order valence-corrected chi connectivity index (χ0v) is 9.45. The minimum atomic E-state index is -0.200. The second-order valence-electron chi connectivity index (χ2n) is 3.80. The average molecular weight is 224 g/mol. The lowest BCUT2D eigenvalue weighted by atomic mass is 10.2. The molecule has 1 aromatic rings. The highest BCUT2D eigenvalue weighted by atomic mass is 32.2. The van der Waals surface area contributed by atoms with Crippen LogP contribution in [0.5, 0.6) is 0 Å². The third-order valence-corrected chi connectivity index (χ3v) is 3.45. The van der Waals surface area contributed by atoms with Gasteiger partial charge in [0.2, 0.25) is 0 Å². The summed E-state index contributed by atoms with van der Waals surface area (Å²) in [5, 5.41) is 9.64. The molecule has 2 rings (SSSR count). The molecule has 0 aliphatic carbocycles. The van der Waals surface area contributed by atoms with Crippen molar-refractivity contribution in [2.45, 2.75) is 29.9 Å². The van der Waals surface area contributed by atoms with E-state index >= 15 is 0 Å². The molecule has 3 heteroatoms. The van der Waals surface area contributed by atoms with Crippen molar-refractivity contribution in [1.82, 2.24) is 0 Å². The number of rotatable bonds is 6. The molecule has 0 amide bonds. The van der Waals surface area contributed by atoms with Gasteiger partial charge in [-0.2, -0.15) is 0 Å². The van der Waals surface area contributed by atoms with Crippen LogP contribution in [0.2, 0.25) is 0 Å². The van der Waals surface area contributed by atoms with Gasteiger partial charge in [0.25, 0.3) is 0 Å². The minimum Gasteiger partial charge on any atom is -0.393 e. The largest absolute Gasteiger partial charge is 0.393 e. The Morgan fingerprint density at radius 2 is 2.13 bits per heavy atom. The molecule has 1 N–H and O–H groups in total. The lowest BCUT2D eigenvalue weighted by molar-refractivity contribution is 0.149. The van der Waals surface area contributed by atoms with Gasteiger partial charge in [-0.1, -0.05) is 18.2 Å². The summed E-state index contributed by atoms with van der Waals surface area (Å²) in [5.41, 5.74) is 0. The maximum atomic E-state index is 9.64. The van der Waals surface area contributed by atoms with Crippen molar-refractivity contribution in [3.05, 3.63) is 30.3 Å². The Labute approximate surface area is 94.6 Å². The first-order chi connectivity index (χ1) is 7.34. The van der Waals surface area contributed by atoms with Crippen LogP contribution in [-0.4, -0.2) is 29.7 Å². The van der Waals surface area contributed by atoms with E-state index in [1.807, 2.05) is 18.2 Å². The van der Waals surface area contributed by atoms with Gasteiger partial charge in [-0.05, 0) is 18.6 Å². The van der Waals surface area contributed by atoms with Gasteiger partial charge >= 0.3 is 0 Å². The van der Waals surface area contributed by atoms with Crippen molar-refractivity contribution in [2.24, 2.45) is 0 Å². The molecule has 0 bridgehead atoms. The number of benzene rings is 1. The molecule has 0 aromatic heterocycles. The fourth-order valence-electron chi connectivity index (χ4n) is 1.45. The van der Waals surface area contributed by atoms with Crippen LogP contribution in [0.25, 0.3) is 0 Å². The maximum absolute atomic E-state index is 9.64. The molecule has 1 fully saturated rings. The number of aliphatic hydroxyl groups excluding tert-OH is 1. The van der Waals surface area contributed by atoms with Crippen LogP contribution >= 0.6 is 11.8 Å². The van der Waals surface area contributed by atoms with Crippen LogP contribution in [0, 0.1) is 0 Å². The Hall–Kier alpha value is -0.510. The lowest BCUT2D eigenvalue weighted by Gasteiger charge is -2.07. The summed E-state index contributed by atoms with van der Waals surface area (Å²) in [7, 11) is 0. The molecule has 15 heavy (non-hydrogen) atoms. The fraction of sp³-hybridized carbons (Fsp3) is 0.500. The van der Waals surface area contributed by atoms with Crippen LogP contribution in [0.1, 0.15) is 12.8 Å². The Balaban J connectivity index is 1.61. The zero-order valence-electron chi connectivity index (χ0n) is 8.63. The molecule has 2 nitrogen and oxygen atoms in total. The Morgan fingerprint density at radius 1 is 1.40 bits per heavy atom. The summed E-state index contributed by atoms with van der Waals surface area (Å²) in [6.07, 6.45) is 1.78. The molecule has 82 valence electrons. The molecule has 1 heterocycles. The van der Waals surface area contributed by atoms with E-state index in [0.717, 1.165) is 25.2 Å². The Morgan fingerprint density at radius 3 is 2.80 bits per heavy atom. The number of hydrogen-bond acceptors (Lipinski definition) is 3. The van der Waals surface area contributed by atoms with Crippen LogP contribution in [-0.2, 0) is 4.74 Å². The van der Waals surface area contributed by atoms with Crippen molar-refractivity contribution in [3.63, 3.8) is 0 Å². The second kappa shape index (κ2) is 5.54. The van der Waals surface area contributed by atoms with Gasteiger partial charge < -0.3 is 9.84 Å². The number of ether oxygens (including phenoxy) is 1. The quantitative estimate of drug-likeness (QED) is 0.594. The van der Waals surface area contributed by atoms with E-state index in [4.69, 9.17) is 4.74 Å². The molecule has 0 spiro atoms. The molecular weight excluding hydrogens is 208 g/mol. The van der Waals surface area contributed by atoms with Crippen molar-refractivity contribution >= 4 is 11.8 Å².